The number of anilines is 2. The van der Waals surface area contributed by atoms with Gasteiger partial charge in [0.1, 0.15) is 0 Å². The molecule has 2 aromatic rings. The first kappa shape index (κ1) is 17.9. The van der Waals surface area contributed by atoms with Gasteiger partial charge in [0.25, 0.3) is 0 Å². The molecule has 2 aromatic carbocycles. The van der Waals surface area contributed by atoms with Gasteiger partial charge in [0.05, 0.1) is 18.3 Å². The number of fused-ring (bicyclic) bond motifs is 1. The normalized spacial score (nSPS) is 15.7. The number of hydrogen-bond donors (Lipinski definition) is 3. The minimum Gasteiger partial charge on any atom is -0.462 e. The third kappa shape index (κ3) is 4.21. The Morgan fingerprint density at radius 3 is 2.81 bits per heavy atom. The number of benzene rings is 2. The fourth-order valence-electron chi connectivity index (χ4n) is 3.11. The van der Waals surface area contributed by atoms with Gasteiger partial charge in [-0.15, -0.1) is 0 Å². The second-order valence-corrected chi connectivity index (χ2v) is 6.22. The first-order valence-electron chi connectivity index (χ1n) is 8.71. The highest BCUT2D eigenvalue weighted by molar-refractivity contribution is 6.01. The summed E-state index contributed by atoms with van der Waals surface area (Å²) in [5, 5.41) is 15.5. The van der Waals surface area contributed by atoms with Gasteiger partial charge < -0.3 is 20.5 Å². The molecule has 2 amide bonds. The van der Waals surface area contributed by atoms with Gasteiger partial charge in [0, 0.05) is 17.8 Å². The number of aryl methyl sites for hydroxylation is 1. The molecule has 6 nitrogen and oxygen atoms in total. The lowest BCUT2D eigenvalue weighted by atomic mass is 9.88. The minimum absolute atomic E-state index is 0.294. The van der Waals surface area contributed by atoms with Gasteiger partial charge in [-0.25, -0.2) is 9.59 Å². The monoisotopic (exact) mass is 354 g/mol. The Kier molecular flexibility index (Phi) is 5.53. The van der Waals surface area contributed by atoms with Crippen LogP contribution in [-0.4, -0.2) is 29.8 Å². The number of aliphatic hydroxyl groups excluding tert-OH is 1. The van der Waals surface area contributed by atoms with Crippen LogP contribution < -0.4 is 10.6 Å². The lowest BCUT2D eigenvalue weighted by Gasteiger charge is -2.23. The van der Waals surface area contributed by atoms with Crippen molar-refractivity contribution in [1.82, 2.24) is 0 Å². The summed E-state index contributed by atoms with van der Waals surface area (Å²) in [7, 11) is 0. The lowest BCUT2D eigenvalue weighted by molar-refractivity contribution is 0.0526. The van der Waals surface area contributed by atoms with Crippen LogP contribution in [0.3, 0.4) is 0 Å². The maximum Gasteiger partial charge on any atom is 0.338 e. The fraction of sp³-hybridized carbons (Fsp3) is 0.300. The van der Waals surface area contributed by atoms with Gasteiger partial charge in [0.2, 0.25) is 0 Å². The fourth-order valence-corrected chi connectivity index (χ4v) is 3.11. The van der Waals surface area contributed by atoms with E-state index >= 15 is 0 Å². The number of esters is 1. The molecule has 1 aliphatic carbocycles. The molecule has 0 radical (unpaired) electrons. The Bertz CT molecular complexity index is 819. The van der Waals surface area contributed by atoms with E-state index in [1.807, 2.05) is 18.2 Å². The van der Waals surface area contributed by atoms with E-state index in [0.717, 1.165) is 24.0 Å². The average molecular weight is 354 g/mol. The van der Waals surface area contributed by atoms with Crippen molar-refractivity contribution in [3.8, 4) is 0 Å². The van der Waals surface area contributed by atoms with Crippen LogP contribution >= 0.6 is 0 Å². The lowest BCUT2D eigenvalue weighted by Crippen LogP contribution is -2.24. The number of nitrogens with one attached hydrogen (secondary N) is 2. The highest BCUT2D eigenvalue weighted by atomic mass is 16.5. The molecule has 0 aromatic heterocycles. The van der Waals surface area contributed by atoms with Crippen molar-refractivity contribution in [2.45, 2.75) is 32.3 Å². The van der Waals surface area contributed by atoms with Crippen LogP contribution in [0.25, 0.3) is 0 Å². The second-order valence-electron chi connectivity index (χ2n) is 6.22. The zero-order valence-electron chi connectivity index (χ0n) is 14.6. The van der Waals surface area contributed by atoms with Crippen LogP contribution in [0.15, 0.2) is 42.5 Å². The average Bonchev–Trinajstić information content (AvgIpc) is 2.62. The summed E-state index contributed by atoms with van der Waals surface area (Å²) in [4.78, 5) is 24.1. The summed E-state index contributed by atoms with van der Waals surface area (Å²) in [6.45, 7) is 2.03. The van der Waals surface area contributed by atoms with Crippen LogP contribution in [0.1, 0.15) is 34.8 Å². The molecule has 0 saturated heterocycles. The predicted octanol–water partition coefficient (Wildman–Crippen LogP) is 3.36. The van der Waals surface area contributed by atoms with Crippen molar-refractivity contribution >= 4 is 23.4 Å². The third-order valence-electron chi connectivity index (χ3n) is 4.34. The maximum atomic E-state index is 12.4. The van der Waals surface area contributed by atoms with Gasteiger partial charge in [0.15, 0.2) is 0 Å². The van der Waals surface area contributed by atoms with Crippen LogP contribution in [0.4, 0.5) is 16.2 Å². The second kappa shape index (κ2) is 8.01. The Morgan fingerprint density at radius 2 is 2.00 bits per heavy atom. The molecule has 0 aliphatic heterocycles. The first-order chi connectivity index (χ1) is 12.6. The van der Waals surface area contributed by atoms with Crippen molar-refractivity contribution in [2.75, 3.05) is 17.2 Å². The molecule has 0 fully saturated rings. The van der Waals surface area contributed by atoms with E-state index in [2.05, 4.69) is 10.6 Å². The molecule has 26 heavy (non-hydrogen) atoms. The topological polar surface area (TPSA) is 87.7 Å². The molecule has 3 rings (SSSR count). The van der Waals surface area contributed by atoms with Crippen molar-refractivity contribution in [3.63, 3.8) is 0 Å². The van der Waals surface area contributed by atoms with Gasteiger partial charge in [-0.1, -0.05) is 18.2 Å². The molecule has 0 saturated carbocycles. The van der Waals surface area contributed by atoms with Crippen molar-refractivity contribution in [2.24, 2.45) is 0 Å². The molecular formula is C20H22N2O4. The van der Waals surface area contributed by atoms with E-state index < -0.39 is 12.0 Å². The van der Waals surface area contributed by atoms with E-state index in [9.17, 15) is 14.7 Å². The standard InChI is InChI=1S/C20H22N2O4/c1-2-26-19(24)14-6-3-7-15(11-14)21-20(25)22-18-8-4-5-13-9-10-16(23)12-17(13)18/h3-8,11,16,23H,2,9-10,12H2,1H3,(H2,21,22,25)/t16-/m1/s1. The molecule has 1 atom stereocenters. The predicted molar refractivity (Wildman–Crippen MR) is 99.5 cm³/mol. The number of carbonyl (C=O) groups is 2. The van der Waals surface area contributed by atoms with Crippen molar-refractivity contribution in [3.05, 3.63) is 59.2 Å². The van der Waals surface area contributed by atoms with Crippen molar-refractivity contribution < 1.29 is 19.4 Å². The summed E-state index contributed by atoms with van der Waals surface area (Å²) >= 11 is 0. The number of aliphatic hydroxyl groups is 1. The number of hydrogen-bond acceptors (Lipinski definition) is 4. The van der Waals surface area contributed by atoms with E-state index in [-0.39, 0.29) is 6.10 Å². The molecule has 6 heteroatoms. The van der Waals surface area contributed by atoms with E-state index in [0.29, 0.717) is 30.0 Å². The summed E-state index contributed by atoms with van der Waals surface area (Å²) in [6.07, 6.45) is 1.69. The third-order valence-corrected chi connectivity index (χ3v) is 4.34. The van der Waals surface area contributed by atoms with E-state index in [4.69, 9.17) is 4.74 Å². The molecule has 136 valence electrons. The van der Waals surface area contributed by atoms with Gasteiger partial charge >= 0.3 is 12.0 Å². The molecule has 0 spiro atoms. The summed E-state index contributed by atoms with van der Waals surface area (Å²) in [5.74, 6) is -0.428. The van der Waals surface area contributed by atoms with Gasteiger partial charge in [-0.05, 0) is 55.2 Å². The molecule has 0 unspecified atom stereocenters. The smallest absolute Gasteiger partial charge is 0.338 e. The summed E-state index contributed by atoms with van der Waals surface area (Å²) in [6, 6.07) is 11.9. The van der Waals surface area contributed by atoms with Crippen molar-refractivity contribution in [1.29, 1.82) is 0 Å². The van der Waals surface area contributed by atoms with E-state index in [1.165, 1.54) is 0 Å². The van der Waals surface area contributed by atoms with Crippen LogP contribution in [-0.2, 0) is 17.6 Å². The van der Waals surface area contributed by atoms with Gasteiger partial charge in [-0.3, -0.25) is 0 Å². The maximum absolute atomic E-state index is 12.4. The zero-order valence-corrected chi connectivity index (χ0v) is 14.6. The highest BCUT2D eigenvalue weighted by Gasteiger charge is 2.20. The zero-order chi connectivity index (χ0) is 18.5. The first-order valence-corrected chi connectivity index (χ1v) is 8.71. The number of rotatable bonds is 4. The van der Waals surface area contributed by atoms with Crippen LogP contribution in [0.2, 0.25) is 0 Å². The largest absolute Gasteiger partial charge is 0.462 e. The molecule has 0 heterocycles. The quantitative estimate of drug-likeness (QED) is 0.735. The number of urea groups is 1. The Balaban J connectivity index is 1.70. The molecule has 0 bridgehead atoms. The van der Waals surface area contributed by atoms with E-state index in [1.54, 1.807) is 31.2 Å². The Hall–Kier alpha value is -2.86. The SMILES string of the molecule is CCOC(=O)c1cccc(NC(=O)Nc2cccc3c2C[C@H](O)CC3)c1. The number of carbonyl (C=O) groups excluding carboxylic acids is 2. The summed E-state index contributed by atoms with van der Waals surface area (Å²) in [5.41, 5.74) is 3.70. The molecular weight excluding hydrogens is 332 g/mol. The molecule has 3 N–H and O–H groups in total. The minimum atomic E-state index is -0.428. The number of ether oxygens (including phenoxy) is 1. The highest BCUT2D eigenvalue weighted by Crippen LogP contribution is 2.28. The van der Waals surface area contributed by atoms with Crippen LogP contribution in [0, 0.1) is 0 Å². The van der Waals surface area contributed by atoms with Gasteiger partial charge in [-0.2, -0.15) is 0 Å². The van der Waals surface area contributed by atoms with Crippen LogP contribution in [0.5, 0.6) is 0 Å². The number of amides is 2. The summed E-state index contributed by atoms with van der Waals surface area (Å²) < 4.78 is 4.96. The Morgan fingerprint density at radius 1 is 1.19 bits per heavy atom. The molecule has 1 aliphatic rings. The Labute approximate surface area is 152 Å².